The quantitative estimate of drug-likeness (QED) is 0.295. The molecule has 0 radical (unpaired) electrons. The van der Waals surface area contributed by atoms with E-state index < -0.39 is 0 Å². The van der Waals surface area contributed by atoms with Crippen molar-refractivity contribution in [1.29, 1.82) is 0 Å². The third-order valence-electron chi connectivity index (χ3n) is 1.83. The standard InChI is InChI=1S/C9H15I2NO2/c1-4-14-8(13)5-7(12-11)9(2,3)6-10/h4-6H2,1-3H3. The second-order valence-corrected chi connectivity index (χ2v) is 4.78. The molecule has 3 nitrogen and oxygen atoms in total. The molecule has 82 valence electrons. The molecule has 14 heavy (non-hydrogen) atoms. The van der Waals surface area contributed by atoms with Gasteiger partial charge in [0.1, 0.15) is 0 Å². The summed E-state index contributed by atoms with van der Waals surface area (Å²) in [5, 5.41) is 0. The number of ether oxygens (including phenoxy) is 1. The van der Waals surface area contributed by atoms with E-state index in [0.29, 0.717) is 13.0 Å². The van der Waals surface area contributed by atoms with Gasteiger partial charge in [0.05, 0.1) is 35.9 Å². The van der Waals surface area contributed by atoms with Crippen LogP contribution in [0.15, 0.2) is 3.21 Å². The van der Waals surface area contributed by atoms with E-state index in [2.05, 4.69) is 39.6 Å². The number of carbonyl (C=O) groups excluding carboxylic acids is 1. The van der Waals surface area contributed by atoms with Crippen molar-refractivity contribution in [2.24, 2.45) is 8.62 Å². The van der Waals surface area contributed by atoms with E-state index in [-0.39, 0.29) is 11.4 Å². The van der Waals surface area contributed by atoms with Gasteiger partial charge in [-0.3, -0.25) is 4.79 Å². The van der Waals surface area contributed by atoms with Gasteiger partial charge in [0.2, 0.25) is 0 Å². The third kappa shape index (κ3) is 4.90. The Labute approximate surface area is 113 Å². The molecule has 0 atom stereocenters. The third-order valence-corrected chi connectivity index (χ3v) is 4.32. The summed E-state index contributed by atoms with van der Waals surface area (Å²) in [4.78, 5) is 11.3. The fourth-order valence-corrected chi connectivity index (χ4v) is 2.07. The van der Waals surface area contributed by atoms with Crippen LogP contribution < -0.4 is 0 Å². The normalized spacial score (nSPS) is 12.8. The highest BCUT2D eigenvalue weighted by molar-refractivity contribution is 14.1. The number of halogens is 2. The fourth-order valence-electron chi connectivity index (χ4n) is 0.809. The van der Waals surface area contributed by atoms with Gasteiger partial charge in [-0.25, -0.2) is 3.21 Å². The van der Waals surface area contributed by atoms with Crippen molar-refractivity contribution < 1.29 is 9.53 Å². The van der Waals surface area contributed by atoms with Gasteiger partial charge in [-0.05, 0) is 6.92 Å². The zero-order valence-electron chi connectivity index (χ0n) is 8.64. The summed E-state index contributed by atoms with van der Waals surface area (Å²) in [5.74, 6) is -0.194. The van der Waals surface area contributed by atoms with Crippen LogP contribution in [0.1, 0.15) is 27.2 Å². The molecular formula is C9H15I2NO2. The minimum absolute atomic E-state index is 0.0332. The largest absolute Gasteiger partial charge is 0.466 e. The van der Waals surface area contributed by atoms with Crippen LogP contribution >= 0.6 is 45.5 Å². The van der Waals surface area contributed by atoms with E-state index in [9.17, 15) is 4.79 Å². The maximum atomic E-state index is 11.3. The summed E-state index contributed by atoms with van der Waals surface area (Å²) >= 11 is 4.24. The molecule has 0 fully saturated rings. The number of alkyl halides is 1. The molecule has 5 heteroatoms. The minimum Gasteiger partial charge on any atom is -0.466 e. The molecule has 0 aromatic carbocycles. The summed E-state index contributed by atoms with van der Waals surface area (Å²) in [6, 6.07) is 0. The van der Waals surface area contributed by atoms with E-state index in [0.717, 1.165) is 10.1 Å². The molecule has 0 unspecified atom stereocenters. The molecule has 0 amide bonds. The summed E-state index contributed by atoms with van der Waals surface area (Å²) in [6.45, 7) is 6.40. The van der Waals surface area contributed by atoms with Crippen LogP contribution in [0, 0.1) is 5.41 Å². The van der Waals surface area contributed by atoms with Gasteiger partial charge in [0, 0.05) is 15.6 Å². The first-order chi connectivity index (χ1) is 6.47. The lowest BCUT2D eigenvalue weighted by Crippen LogP contribution is -2.28. The Morgan fingerprint density at radius 2 is 2.07 bits per heavy atom. The first-order valence-electron chi connectivity index (χ1n) is 4.37. The van der Waals surface area contributed by atoms with E-state index in [1.54, 1.807) is 0 Å². The molecule has 0 N–H and O–H groups in total. The second kappa shape index (κ2) is 6.97. The van der Waals surface area contributed by atoms with E-state index in [1.807, 2.05) is 29.8 Å². The molecule has 0 saturated carbocycles. The fraction of sp³-hybridized carbons (Fsp3) is 0.778. The van der Waals surface area contributed by atoms with Crippen molar-refractivity contribution >= 4 is 57.1 Å². The summed E-state index contributed by atoms with van der Waals surface area (Å²) < 4.78 is 9.96. The molecule has 0 aliphatic rings. The van der Waals surface area contributed by atoms with E-state index >= 15 is 0 Å². The lowest BCUT2D eigenvalue weighted by Gasteiger charge is -2.22. The zero-order valence-corrected chi connectivity index (χ0v) is 13.0. The zero-order chi connectivity index (χ0) is 11.2. The highest BCUT2D eigenvalue weighted by Gasteiger charge is 2.25. The molecule has 0 spiro atoms. The molecule has 0 rings (SSSR count). The number of hydrogen-bond donors (Lipinski definition) is 0. The lowest BCUT2D eigenvalue weighted by molar-refractivity contribution is -0.141. The van der Waals surface area contributed by atoms with Crippen LogP contribution in [-0.2, 0) is 9.53 Å². The summed E-state index contributed by atoms with van der Waals surface area (Å²) in [7, 11) is 0. The van der Waals surface area contributed by atoms with Crippen LogP contribution in [-0.4, -0.2) is 22.7 Å². The Morgan fingerprint density at radius 3 is 2.43 bits per heavy atom. The van der Waals surface area contributed by atoms with Gasteiger partial charge in [-0.15, -0.1) is 0 Å². The Kier molecular flexibility index (Phi) is 7.27. The second-order valence-electron chi connectivity index (χ2n) is 3.53. The molecule has 0 aromatic heterocycles. The Morgan fingerprint density at radius 1 is 1.50 bits per heavy atom. The highest BCUT2D eigenvalue weighted by Crippen LogP contribution is 2.24. The predicted molar refractivity (Wildman–Crippen MR) is 75.4 cm³/mol. The first kappa shape index (κ1) is 14.6. The first-order valence-corrected chi connectivity index (χ1v) is 6.87. The maximum Gasteiger partial charge on any atom is 0.311 e. The van der Waals surface area contributed by atoms with Crippen molar-refractivity contribution in [1.82, 2.24) is 0 Å². The number of nitrogens with zero attached hydrogens (tertiary/aromatic N) is 1. The van der Waals surface area contributed by atoms with Gasteiger partial charge in [-0.2, -0.15) is 0 Å². The lowest BCUT2D eigenvalue weighted by atomic mass is 9.88. The van der Waals surface area contributed by atoms with Crippen LogP contribution in [0.5, 0.6) is 0 Å². The van der Waals surface area contributed by atoms with Crippen molar-refractivity contribution in [3.8, 4) is 0 Å². The molecular weight excluding hydrogens is 408 g/mol. The van der Waals surface area contributed by atoms with Crippen LogP contribution in [0.3, 0.4) is 0 Å². The Bertz CT molecular complexity index is 227. The average molecular weight is 423 g/mol. The van der Waals surface area contributed by atoms with Crippen LogP contribution in [0.2, 0.25) is 0 Å². The monoisotopic (exact) mass is 423 g/mol. The van der Waals surface area contributed by atoms with Gasteiger partial charge in [-0.1, -0.05) is 36.4 Å². The number of hydrogen-bond acceptors (Lipinski definition) is 3. The van der Waals surface area contributed by atoms with Crippen molar-refractivity contribution in [3.05, 3.63) is 0 Å². The molecule has 0 aliphatic heterocycles. The van der Waals surface area contributed by atoms with Gasteiger partial charge >= 0.3 is 5.97 Å². The molecule has 0 saturated heterocycles. The minimum atomic E-state index is -0.194. The predicted octanol–water partition coefficient (Wildman–Crippen LogP) is 3.19. The maximum absolute atomic E-state index is 11.3. The smallest absolute Gasteiger partial charge is 0.311 e. The van der Waals surface area contributed by atoms with Gasteiger partial charge in [0.15, 0.2) is 0 Å². The van der Waals surface area contributed by atoms with Gasteiger partial charge < -0.3 is 4.74 Å². The summed E-state index contributed by atoms with van der Waals surface area (Å²) in [5.41, 5.74) is 0.861. The van der Waals surface area contributed by atoms with Gasteiger partial charge in [0.25, 0.3) is 0 Å². The highest BCUT2D eigenvalue weighted by atomic mass is 127. The van der Waals surface area contributed by atoms with Crippen molar-refractivity contribution in [2.75, 3.05) is 11.0 Å². The molecule has 0 heterocycles. The van der Waals surface area contributed by atoms with Crippen molar-refractivity contribution in [2.45, 2.75) is 27.2 Å². The Hall–Kier alpha value is 0.600. The average Bonchev–Trinajstić information content (AvgIpc) is 2.14. The van der Waals surface area contributed by atoms with E-state index in [4.69, 9.17) is 4.74 Å². The Balaban J connectivity index is 4.39. The van der Waals surface area contributed by atoms with Crippen LogP contribution in [0.4, 0.5) is 0 Å². The molecule has 0 bridgehead atoms. The molecule has 0 aromatic rings. The molecule has 0 aliphatic carbocycles. The number of rotatable bonds is 5. The SMILES string of the molecule is CCOC(=O)CC(=NI)C(C)(C)CI. The summed E-state index contributed by atoms with van der Waals surface area (Å²) in [6.07, 6.45) is 0.298. The topological polar surface area (TPSA) is 38.7 Å². The van der Waals surface area contributed by atoms with Crippen molar-refractivity contribution in [3.63, 3.8) is 0 Å². The van der Waals surface area contributed by atoms with E-state index in [1.165, 1.54) is 0 Å². The number of esters is 1. The van der Waals surface area contributed by atoms with Crippen LogP contribution in [0.25, 0.3) is 0 Å². The number of carbonyl (C=O) groups is 1.